The molecule has 0 spiro atoms. The summed E-state index contributed by atoms with van der Waals surface area (Å²) < 4.78 is 64.9. The van der Waals surface area contributed by atoms with Crippen LogP contribution in [0, 0.1) is 0 Å². The molecule has 1 N–H and O–H groups in total. The van der Waals surface area contributed by atoms with Crippen LogP contribution in [0.25, 0.3) is 41.8 Å². The number of esters is 7. The second-order valence-corrected chi connectivity index (χ2v) is 16.9. The molecule has 15 atom stereocenters. The minimum absolute atomic E-state index is 0.0162. The van der Waals surface area contributed by atoms with Crippen molar-refractivity contribution in [3.05, 3.63) is 114 Å². The number of nitrogens with one attached hydrogen (secondary N) is 1. The predicted molar refractivity (Wildman–Crippen MR) is 252 cm³/mol. The molecule has 0 aromatic heterocycles. The average Bonchev–Trinajstić information content (AvgIpc) is 3.72. The Morgan fingerprint density at radius 3 is 1.66 bits per heavy atom. The van der Waals surface area contributed by atoms with Gasteiger partial charge >= 0.3 is 41.8 Å². The molecule has 32 heteroatoms. The molecular formula is C45H51N13O19. The highest BCUT2D eigenvalue weighted by molar-refractivity contribution is 5.90. The summed E-state index contributed by atoms with van der Waals surface area (Å²) in [5, 5.41) is 17.2. The Bertz CT molecular complexity index is 2670. The maximum absolute atomic E-state index is 14.1. The minimum atomic E-state index is -2.03. The van der Waals surface area contributed by atoms with E-state index in [-0.39, 0.29) is 24.1 Å². The first-order valence-corrected chi connectivity index (χ1v) is 23.3. The first-order chi connectivity index (χ1) is 36.9. The third kappa shape index (κ3) is 16.6. The van der Waals surface area contributed by atoms with Crippen molar-refractivity contribution in [1.82, 2.24) is 5.32 Å². The molecule has 3 aliphatic rings. The summed E-state index contributed by atoms with van der Waals surface area (Å²) in [5.41, 5.74) is 38.3. The number of hydrogen-bond acceptors (Lipinski definition) is 23. The lowest BCUT2D eigenvalue weighted by atomic mass is 9.83. The van der Waals surface area contributed by atoms with Crippen molar-refractivity contribution >= 4 is 47.7 Å². The highest BCUT2D eigenvalue weighted by Crippen LogP contribution is 2.39. The van der Waals surface area contributed by atoms with Crippen molar-refractivity contribution in [2.45, 2.75) is 139 Å². The van der Waals surface area contributed by atoms with E-state index < -0.39 is 159 Å². The summed E-state index contributed by atoms with van der Waals surface area (Å²) in [5.74, 6) is -7.87. The van der Waals surface area contributed by atoms with Crippen molar-refractivity contribution in [1.29, 1.82) is 0 Å². The average molecular weight is 1080 g/mol. The summed E-state index contributed by atoms with van der Waals surface area (Å²) in [6.45, 7) is 3.28. The topological polar surface area (TPSA) is 445 Å². The van der Waals surface area contributed by atoms with Gasteiger partial charge in [0.2, 0.25) is 0 Å². The van der Waals surface area contributed by atoms with Crippen LogP contribution in [0.4, 0.5) is 0 Å². The molecule has 2 saturated heterocycles. The van der Waals surface area contributed by atoms with Crippen molar-refractivity contribution in [2.24, 2.45) is 20.5 Å². The molecule has 77 heavy (non-hydrogen) atoms. The van der Waals surface area contributed by atoms with Crippen molar-refractivity contribution in [3.63, 3.8) is 0 Å². The van der Waals surface area contributed by atoms with Gasteiger partial charge in [0.15, 0.2) is 49.2 Å². The Morgan fingerprint density at radius 2 is 1.12 bits per heavy atom. The van der Waals surface area contributed by atoms with Crippen LogP contribution in [-0.4, -0.2) is 159 Å². The fourth-order valence-corrected chi connectivity index (χ4v) is 8.44. The standard InChI is InChI=1S/C45H51N13O19/c1-21(59)67-20-32-37(70-24(4)62)38(71-25(5)63)33(54-58-49)44(73-32)76-35-29(53-57-48)18-28(52-41(64)30(68-22(2)60)16-17-50-55-46)34(69-23(3)61)39(35)77-45-40(75-43(66)27-14-10-7-11-15-27)36(31(72-45)19-51-56-47)74-42(65)26-12-8-6-9-13-26/h6-15,28-40,44-45H,16-20H2,1-5H3,(H,52,64)/t28-,29?,30+,31-,32?,33?,34?,35+,36+,37+,38-,39-,40?,44+,45+/m1/s1. The highest BCUT2D eigenvalue weighted by Gasteiger charge is 2.58. The zero-order valence-corrected chi connectivity index (χ0v) is 41.6. The van der Waals surface area contributed by atoms with E-state index in [1.165, 1.54) is 48.5 Å². The first kappa shape index (κ1) is 59.2. The zero-order valence-electron chi connectivity index (χ0n) is 41.6. The van der Waals surface area contributed by atoms with E-state index in [0.29, 0.717) is 0 Å². The monoisotopic (exact) mass is 1080 g/mol. The number of nitrogens with zero attached hydrogens (tertiary/aromatic N) is 12. The van der Waals surface area contributed by atoms with Gasteiger partial charge < -0.3 is 57.4 Å². The molecule has 5 unspecified atom stereocenters. The molecule has 1 amide bonds. The van der Waals surface area contributed by atoms with Crippen LogP contribution in [0.5, 0.6) is 0 Å². The number of azide groups is 4. The Hall–Kier alpha value is -8.72. The third-order valence-electron chi connectivity index (χ3n) is 11.4. The van der Waals surface area contributed by atoms with E-state index in [1.807, 2.05) is 0 Å². The Labute approximate surface area is 435 Å². The van der Waals surface area contributed by atoms with Gasteiger partial charge in [-0.25, -0.2) is 9.59 Å². The molecule has 5 rings (SSSR count). The van der Waals surface area contributed by atoms with Crippen molar-refractivity contribution in [2.75, 3.05) is 19.7 Å². The summed E-state index contributed by atoms with van der Waals surface area (Å²) >= 11 is 0. The lowest BCUT2D eigenvalue weighted by molar-refractivity contribution is -0.313. The molecular weight excluding hydrogens is 1030 g/mol. The van der Waals surface area contributed by atoms with Gasteiger partial charge in [-0.2, -0.15) is 0 Å². The van der Waals surface area contributed by atoms with Gasteiger partial charge in [-0.05, 0) is 59.2 Å². The molecule has 0 bridgehead atoms. The number of carbonyl (C=O) groups is 8. The maximum atomic E-state index is 14.1. The fraction of sp³-hybridized carbons (Fsp3) is 0.556. The van der Waals surface area contributed by atoms with Crippen LogP contribution < -0.4 is 5.32 Å². The van der Waals surface area contributed by atoms with Crippen molar-refractivity contribution in [3.8, 4) is 0 Å². The van der Waals surface area contributed by atoms with Crippen LogP contribution in [-0.2, 0) is 80.9 Å². The van der Waals surface area contributed by atoms with Gasteiger partial charge in [-0.15, -0.1) is 0 Å². The van der Waals surface area contributed by atoms with Crippen molar-refractivity contribution < 1.29 is 90.5 Å². The Kier molecular flexibility index (Phi) is 22.1. The van der Waals surface area contributed by atoms with Gasteiger partial charge in [0.25, 0.3) is 5.91 Å². The second kappa shape index (κ2) is 28.8. The number of hydrogen-bond donors (Lipinski definition) is 1. The molecule has 2 heterocycles. The fourth-order valence-electron chi connectivity index (χ4n) is 8.44. The normalized spacial score (nSPS) is 27.5. The first-order valence-electron chi connectivity index (χ1n) is 23.3. The van der Waals surface area contributed by atoms with E-state index >= 15 is 0 Å². The van der Waals surface area contributed by atoms with E-state index in [0.717, 1.165) is 34.6 Å². The molecule has 410 valence electrons. The molecule has 2 aromatic rings. The molecule has 32 nitrogen and oxygen atoms in total. The van der Waals surface area contributed by atoms with E-state index in [9.17, 15) is 54.9 Å². The lowest BCUT2D eigenvalue weighted by Gasteiger charge is -2.49. The molecule has 2 aliphatic heterocycles. The van der Waals surface area contributed by atoms with Crippen LogP contribution >= 0.6 is 0 Å². The molecule has 3 fully saturated rings. The second-order valence-electron chi connectivity index (χ2n) is 16.9. The largest absolute Gasteiger partial charge is 0.463 e. The number of benzene rings is 2. The minimum Gasteiger partial charge on any atom is -0.463 e. The van der Waals surface area contributed by atoms with Crippen LogP contribution in [0.3, 0.4) is 0 Å². The van der Waals surface area contributed by atoms with Crippen LogP contribution in [0.2, 0.25) is 0 Å². The number of amides is 1. The summed E-state index contributed by atoms with van der Waals surface area (Å²) in [4.78, 5) is 116. The smallest absolute Gasteiger partial charge is 0.338 e. The summed E-state index contributed by atoms with van der Waals surface area (Å²) in [7, 11) is 0. The van der Waals surface area contributed by atoms with E-state index in [4.69, 9.17) is 57.6 Å². The molecule has 1 saturated carbocycles. The highest BCUT2D eigenvalue weighted by atomic mass is 16.8. The van der Waals surface area contributed by atoms with Crippen LogP contribution in [0.15, 0.2) is 81.1 Å². The Balaban J connectivity index is 1.73. The summed E-state index contributed by atoms with van der Waals surface area (Å²) in [6.07, 6.45) is -22.5. The number of rotatable bonds is 23. The maximum Gasteiger partial charge on any atom is 0.338 e. The third-order valence-corrected chi connectivity index (χ3v) is 11.4. The lowest BCUT2D eigenvalue weighted by Crippen LogP contribution is -2.67. The zero-order chi connectivity index (χ0) is 56.2. The molecule has 0 radical (unpaired) electrons. The quantitative estimate of drug-likeness (QED) is 0.0535. The van der Waals surface area contributed by atoms with Gasteiger partial charge in [-0.3, -0.25) is 28.8 Å². The SMILES string of the molecule is CC(=O)OCC1O[C@@H](O[C@H]2C(N=[N+]=[N-])C[C@@H](NC(=O)[C@H](CCN=[N+]=[N-])OC(C)=O)C(OC(C)=O)[C@H]2O[C@@H]2O[C@H](CN=[N+]=[N-])[C@H](OC(=O)c3ccccc3)C2OC(=O)c2ccccc2)C(N=[N+]=[N-])[C@@H](OC(C)=O)[C@H]1OC(C)=O. The van der Waals surface area contributed by atoms with Gasteiger partial charge in [-0.1, -0.05) is 56.9 Å². The van der Waals surface area contributed by atoms with E-state index in [1.54, 1.807) is 12.1 Å². The van der Waals surface area contributed by atoms with Gasteiger partial charge in [0.05, 0.1) is 35.9 Å². The molecule has 1 aliphatic carbocycles. The summed E-state index contributed by atoms with van der Waals surface area (Å²) in [6, 6.07) is 9.88. The van der Waals surface area contributed by atoms with Gasteiger partial charge in [0, 0.05) is 60.8 Å². The molecule has 2 aromatic carbocycles. The Morgan fingerprint density at radius 1 is 0.584 bits per heavy atom. The van der Waals surface area contributed by atoms with Gasteiger partial charge in [0.1, 0.15) is 31.0 Å². The predicted octanol–water partition coefficient (Wildman–Crippen LogP) is 4.20. The number of ether oxygens (including phenoxy) is 11. The van der Waals surface area contributed by atoms with E-state index in [2.05, 4.69) is 45.4 Å². The number of carbonyl (C=O) groups excluding carboxylic acids is 8. The van der Waals surface area contributed by atoms with Crippen LogP contribution in [0.1, 0.15) is 68.2 Å².